The van der Waals surface area contributed by atoms with Crippen LogP contribution in [0.2, 0.25) is 0 Å². The zero-order valence-electron chi connectivity index (χ0n) is 11.6. The Morgan fingerprint density at radius 2 is 2.11 bits per heavy atom. The molecule has 1 aromatic rings. The van der Waals surface area contributed by atoms with Gasteiger partial charge < -0.3 is 14.4 Å². The molecule has 0 unspecified atom stereocenters. The maximum Gasteiger partial charge on any atom is 0.289 e. The summed E-state index contributed by atoms with van der Waals surface area (Å²) in [6.45, 7) is 2.40. The van der Waals surface area contributed by atoms with Crippen molar-refractivity contribution in [3.63, 3.8) is 0 Å². The summed E-state index contributed by atoms with van der Waals surface area (Å²) in [6.07, 6.45) is 6.44. The lowest BCUT2D eigenvalue weighted by Crippen LogP contribution is -2.43. The van der Waals surface area contributed by atoms with E-state index >= 15 is 0 Å². The van der Waals surface area contributed by atoms with Gasteiger partial charge in [-0.2, -0.15) is 0 Å². The van der Waals surface area contributed by atoms with Crippen LogP contribution in [0.15, 0.2) is 16.5 Å². The number of hydrogen-bond donors (Lipinski definition) is 1. The third-order valence-electron chi connectivity index (χ3n) is 3.84. The van der Waals surface area contributed by atoms with Crippen LogP contribution in [0, 0.1) is 0 Å². The molecular weight excluding hydrogens is 242 g/mol. The third-order valence-corrected chi connectivity index (χ3v) is 3.84. The highest BCUT2D eigenvalue weighted by molar-refractivity contribution is 5.91. The van der Waals surface area contributed by atoms with Gasteiger partial charge in [-0.15, -0.1) is 0 Å². The Labute approximate surface area is 114 Å². The standard InChI is InChI=1S/C15H23NO3/c1-2-13-8-9-14(19-13)15(18)16(10-11-17)12-6-4-3-5-7-12/h8-9,12,17H,2-7,10-11H2,1H3. The van der Waals surface area contributed by atoms with Crippen LogP contribution in [0.4, 0.5) is 0 Å². The minimum atomic E-state index is -0.0827. The average Bonchev–Trinajstić information content (AvgIpc) is 2.94. The molecule has 19 heavy (non-hydrogen) atoms. The first kappa shape index (κ1) is 14.1. The Balaban J connectivity index is 2.10. The van der Waals surface area contributed by atoms with Gasteiger partial charge in [0.2, 0.25) is 0 Å². The summed E-state index contributed by atoms with van der Waals surface area (Å²) in [5, 5.41) is 9.19. The van der Waals surface area contributed by atoms with Gasteiger partial charge in [-0.3, -0.25) is 4.79 Å². The molecule has 0 atom stereocenters. The van der Waals surface area contributed by atoms with Crippen molar-refractivity contribution in [2.24, 2.45) is 0 Å². The Kier molecular flexibility index (Phi) is 5.02. The average molecular weight is 265 g/mol. The van der Waals surface area contributed by atoms with Crippen LogP contribution < -0.4 is 0 Å². The van der Waals surface area contributed by atoms with E-state index in [1.54, 1.807) is 11.0 Å². The lowest BCUT2D eigenvalue weighted by molar-refractivity contribution is 0.0552. The first-order chi connectivity index (χ1) is 9.26. The van der Waals surface area contributed by atoms with Gasteiger partial charge in [-0.25, -0.2) is 0 Å². The summed E-state index contributed by atoms with van der Waals surface area (Å²) in [7, 11) is 0. The zero-order chi connectivity index (χ0) is 13.7. The van der Waals surface area contributed by atoms with Gasteiger partial charge in [0.25, 0.3) is 5.91 Å². The topological polar surface area (TPSA) is 53.7 Å². The number of rotatable bonds is 5. The molecule has 1 heterocycles. The maximum absolute atomic E-state index is 12.5. The molecule has 1 amide bonds. The normalized spacial score (nSPS) is 16.5. The van der Waals surface area contributed by atoms with Crippen LogP contribution in [-0.2, 0) is 6.42 Å². The molecule has 4 nitrogen and oxygen atoms in total. The molecule has 2 rings (SSSR count). The summed E-state index contributed by atoms with van der Waals surface area (Å²) < 4.78 is 5.54. The van der Waals surface area contributed by atoms with E-state index in [1.807, 2.05) is 13.0 Å². The van der Waals surface area contributed by atoms with E-state index in [-0.39, 0.29) is 18.6 Å². The minimum Gasteiger partial charge on any atom is -0.456 e. The largest absolute Gasteiger partial charge is 0.456 e. The van der Waals surface area contributed by atoms with Gasteiger partial charge in [0.05, 0.1) is 6.61 Å². The van der Waals surface area contributed by atoms with Gasteiger partial charge in [-0.1, -0.05) is 26.2 Å². The fraction of sp³-hybridized carbons (Fsp3) is 0.667. The summed E-state index contributed by atoms with van der Waals surface area (Å²) >= 11 is 0. The first-order valence-electron chi connectivity index (χ1n) is 7.26. The third kappa shape index (κ3) is 3.38. The van der Waals surface area contributed by atoms with Crippen LogP contribution in [0.5, 0.6) is 0 Å². The second-order valence-electron chi connectivity index (χ2n) is 5.13. The number of hydrogen-bond acceptors (Lipinski definition) is 3. The van der Waals surface area contributed by atoms with E-state index in [4.69, 9.17) is 4.42 Å². The molecule has 1 aliphatic rings. The van der Waals surface area contributed by atoms with Gasteiger partial charge in [0.1, 0.15) is 5.76 Å². The maximum atomic E-state index is 12.5. The number of nitrogens with zero attached hydrogens (tertiary/aromatic N) is 1. The molecule has 0 aromatic carbocycles. The molecule has 4 heteroatoms. The molecule has 0 radical (unpaired) electrons. The minimum absolute atomic E-state index is 0.00356. The Morgan fingerprint density at radius 1 is 1.37 bits per heavy atom. The van der Waals surface area contributed by atoms with Crippen LogP contribution in [0.3, 0.4) is 0 Å². The predicted octanol–water partition coefficient (Wildman–Crippen LogP) is 2.61. The number of aryl methyl sites for hydroxylation is 1. The van der Waals surface area contributed by atoms with E-state index in [0.717, 1.165) is 37.9 Å². The van der Waals surface area contributed by atoms with Gasteiger partial charge in [-0.05, 0) is 25.0 Å². The summed E-state index contributed by atoms with van der Waals surface area (Å²) in [4.78, 5) is 14.3. The molecule has 106 valence electrons. The highest BCUT2D eigenvalue weighted by Gasteiger charge is 2.27. The molecule has 0 bridgehead atoms. The van der Waals surface area contributed by atoms with Crippen LogP contribution in [0.25, 0.3) is 0 Å². The highest BCUT2D eigenvalue weighted by atomic mass is 16.4. The van der Waals surface area contributed by atoms with Gasteiger partial charge >= 0.3 is 0 Å². The quantitative estimate of drug-likeness (QED) is 0.890. The lowest BCUT2D eigenvalue weighted by atomic mass is 9.94. The number of carbonyl (C=O) groups is 1. The monoisotopic (exact) mass is 265 g/mol. The molecule has 1 aromatic heterocycles. The van der Waals surface area contributed by atoms with Crippen molar-refractivity contribution < 1.29 is 14.3 Å². The number of carbonyl (C=O) groups excluding carboxylic acids is 1. The van der Waals surface area contributed by atoms with Crippen molar-refractivity contribution in [3.8, 4) is 0 Å². The smallest absolute Gasteiger partial charge is 0.289 e. The van der Waals surface area contributed by atoms with Crippen molar-refractivity contribution in [2.75, 3.05) is 13.2 Å². The number of amides is 1. The molecule has 1 saturated carbocycles. The molecule has 0 spiro atoms. The van der Waals surface area contributed by atoms with Crippen molar-refractivity contribution in [1.29, 1.82) is 0 Å². The molecule has 1 N–H and O–H groups in total. The van der Waals surface area contributed by atoms with Gasteiger partial charge in [0, 0.05) is 19.0 Å². The van der Waals surface area contributed by atoms with E-state index in [2.05, 4.69) is 0 Å². The predicted molar refractivity (Wildman–Crippen MR) is 73.1 cm³/mol. The number of aliphatic hydroxyl groups excluding tert-OH is 1. The van der Waals surface area contributed by atoms with Gasteiger partial charge in [0.15, 0.2) is 5.76 Å². The van der Waals surface area contributed by atoms with Crippen LogP contribution in [-0.4, -0.2) is 35.1 Å². The molecule has 1 aliphatic carbocycles. The fourth-order valence-electron chi connectivity index (χ4n) is 2.77. The SMILES string of the molecule is CCc1ccc(C(=O)N(CCO)C2CCCCC2)o1. The zero-order valence-corrected chi connectivity index (χ0v) is 11.6. The Hall–Kier alpha value is -1.29. The Bertz CT molecular complexity index is 407. The summed E-state index contributed by atoms with van der Waals surface area (Å²) in [5.41, 5.74) is 0. The fourth-order valence-corrected chi connectivity index (χ4v) is 2.77. The van der Waals surface area contributed by atoms with E-state index in [1.165, 1.54) is 6.42 Å². The second-order valence-corrected chi connectivity index (χ2v) is 5.13. The summed E-state index contributed by atoms with van der Waals surface area (Å²) in [5.74, 6) is 1.15. The summed E-state index contributed by atoms with van der Waals surface area (Å²) in [6, 6.07) is 3.85. The molecular formula is C15H23NO3. The van der Waals surface area contributed by atoms with Crippen molar-refractivity contribution >= 4 is 5.91 Å². The Morgan fingerprint density at radius 3 is 2.68 bits per heavy atom. The van der Waals surface area contributed by atoms with Crippen molar-refractivity contribution in [1.82, 2.24) is 4.90 Å². The number of furan rings is 1. The number of aliphatic hydroxyl groups is 1. The first-order valence-corrected chi connectivity index (χ1v) is 7.26. The van der Waals surface area contributed by atoms with Crippen LogP contribution >= 0.6 is 0 Å². The highest BCUT2D eigenvalue weighted by Crippen LogP contribution is 2.24. The second kappa shape index (κ2) is 6.75. The molecule has 0 aliphatic heterocycles. The van der Waals surface area contributed by atoms with E-state index in [0.29, 0.717) is 12.3 Å². The van der Waals surface area contributed by atoms with E-state index in [9.17, 15) is 9.90 Å². The van der Waals surface area contributed by atoms with Crippen molar-refractivity contribution in [2.45, 2.75) is 51.5 Å². The lowest BCUT2D eigenvalue weighted by Gasteiger charge is -2.33. The molecule has 1 fully saturated rings. The van der Waals surface area contributed by atoms with Crippen LogP contribution in [0.1, 0.15) is 55.3 Å². The molecule has 0 saturated heterocycles. The van der Waals surface area contributed by atoms with E-state index < -0.39 is 0 Å². The van der Waals surface area contributed by atoms with Crippen molar-refractivity contribution in [3.05, 3.63) is 23.7 Å².